The van der Waals surface area contributed by atoms with Crippen LogP contribution in [0, 0.1) is 0 Å². The standard InChI is InChI=1S/C71H124O12/c1-4-7-10-13-16-19-22-25-28-30-32-34-37-39-42-45-48-51-54-57-63(72)79-60-62(81-64(73)58-55-52-49-46-43-40-36-27-24-21-18-15-12-9-6-3)61-80-71-69(67(76)66(75)68(83-71)70(77)78)82-65(74)59-56-53-50-47-44-41-38-35-33-31-29-26-23-20-17-14-11-8-5-2/h16-17,19-20,25-29,36,62,66-69,71,75-76H,4-15,18,21-24,30-35,37-61H2,1-3H3,(H,77,78)/b19-16-,20-17-,28-25-,29-26-,36-27-. The van der Waals surface area contributed by atoms with Crippen LogP contribution in [0.25, 0.3) is 0 Å². The van der Waals surface area contributed by atoms with Crippen molar-refractivity contribution in [1.82, 2.24) is 0 Å². The van der Waals surface area contributed by atoms with Gasteiger partial charge in [-0.2, -0.15) is 0 Å². The number of carbonyl (C=O) groups excluding carboxylic acids is 3. The molecule has 0 aliphatic carbocycles. The molecule has 3 N–H and O–H groups in total. The summed E-state index contributed by atoms with van der Waals surface area (Å²) >= 11 is 0. The van der Waals surface area contributed by atoms with E-state index in [2.05, 4.69) is 81.5 Å². The molecule has 1 aliphatic heterocycles. The first-order valence-corrected chi connectivity index (χ1v) is 34.3. The molecule has 0 spiro atoms. The topological polar surface area (TPSA) is 175 Å². The number of allylic oxidation sites excluding steroid dienone is 10. The zero-order chi connectivity index (χ0) is 60.3. The number of carboxylic acids is 1. The van der Waals surface area contributed by atoms with Gasteiger partial charge in [0.15, 0.2) is 24.6 Å². The summed E-state index contributed by atoms with van der Waals surface area (Å²) in [5.74, 6) is -3.12. The molecule has 0 saturated carbocycles. The quantitative estimate of drug-likeness (QED) is 0.0228. The summed E-state index contributed by atoms with van der Waals surface area (Å²) in [6.07, 6.45) is 61.7. The molecule has 1 aliphatic rings. The van der Waals surface area contributed by atoms with E-state index in [4.69, 9.17) is 23.7 Å². The van der Waals surface area contributed by atoms with Crippen LogP contribution in [-0.2, 0) is 42.9 Å². The van der Waals surface area contributed by atoms with Crippen LogP contribution in [0.15, 0.2) is 60.8 Å². The number of rotatable bonds is 59. The van der Waals surface area contributed by atoms with Crippen molar-refractivity contribution in [1.29, 1.82) is 0 Å². The normalized spacial score (nSPS) is 17.9. The van der Waals surface area contributed by atoms with Crippen molar-refractivity contribution in [2.24, 2.45) is 0 Å². The molecular formula is C71H124O12. The number of aliphatic carboxylic acids is 1. The minimum atomic E-state index is -1.91. The largest absolute Gasteiger partial charge is 0.479 e. The second kappa shape index (κ2) is 58.8. The van der Waals surface area contributed by atoms with Crippen LogP contribution in [0.3, 0.4) is 0 Å². The highest BCUT2D eigenvalue weighted by Gasteiger charge is 2.50. The monoisotopic (exact) mass is 1170 g/mol. The number of carboxylic acid groups (broad SMARTS) is 1. The summed E-state index contributed by atoms with van der Waals surface area (Å²) in [6.45, 7) is 5.98. The maximum Gasteiger partial charge on any atom is 0.335 e. The van der Waals surface area contributed by atoms with Crippen molar-refractivity contribution in [3.8, 4) is 0 Å². The van der Waals surface area contributed by atoms with Gasteiger partial charge in [-0.25, -0.2) is 4.79 Å². The fraction of sp³-hybridized carbons (Fsp3) is 0.803. The van der Waals surface area contributed by atoms with E-state index in [1.54, 1.807) is 0 Å². The van der Waals surface area contributed by atoms with Crippen molar-refractivity contribution < 1.29 is 58.2 Å². The second-order valence-corrected chi connectivity index (χ2v) is 23.5. The Labute approximate surface area is 506 Å². The number of unbranched alkanes of at least 4 members (excludes halogenated alkanes) is 35. The van der Waals surface area contributed by atoms with E-state index in [0.717, 1.165) is 109 Å². The number of hydrogen-bond acceptors (Lipinski definition) is 11. The molecule has 6 atom stereocenters. The number of carbonyl (C=O) groups is 4. The molecule has 12 nitrogen and oxygen atoms in total. The van der Waals surface area contributed by atoms with Crippen LogP contribution < -0.4 is 0 Å². The van der Waals surface area contributed by atoms with Crippen LogP contribution in [-0.4, -0.2) is 89.2 Å². The van der Waals surface area contributed by atoms with Gasteiger partial charge in [-0.05, 0) is 109 Å². The van der Waals surface area contributed by atoms with E-state index in [-0.39, 0.29) is 25.9 Å². The first-order valence-electron chi connectivity index (χ1n) is 34.3. The van der Waals surface area contributed by atoms with Crippen molar-refractivity contribution in [2.75, 3.05) is 13.2 Å². The molecule has 83 heavy (non-hydrogen) atoms. The lowest BCUT2D eigenvalue weighted by molar-refractivity contribution is -0.301. The Morgan fingerprint density at radius 2 is 0.723 bits per heavy atom. The molecule has 6 unspecified atom stereocenters. The predicted molar refractivity (Wildman–Crippen MR) is 340 cm³/mol. The summed E-state index contributed by atoms with van der Waals surface area (Å²) in [7, 11) is 0. The molecule has 1 heterocycles. The van der Waals surface area contributed by atoms with Gasteiger partial charge >= 0.3 is 23.9 Å². The summed E-state index contributed by atoms with van der Waals surface area (Å²) in [5.41, 5.74) is 0. The summed E-state index contributed by atoms with van der Waals surface area (Å²) in [6, 6.07) is 0. The Balaban J connectivity index is 2.63. The summed E-state index contributed by atoms with van der Waals surface area (Å²) < 4.78 is 28.6. The third-order valence-corrected chi connectivity index (χ3v) is 15.5. The zero-order valence-corrected chi connectivity index (χ0v) is 53.2. The predicted octanol–water partition coefficient (Wildman–Crippen LogP) is 18.7. The minimum absolute atomic E-state index is 0.0549. The molecule has 1 fully saturated rings. The Hall–Kier alpha value is -3.58. The number of esters is 3. The Kier molecular flexibility index (Phi) is 54.8. The van der Waals surface area contributed by atoms with Crippen molar-refractivity contribution in [3.63, 3.8) is 0 Å². The smallest absolute Gasteiger partial charge is 0.335 e. The first kappa shape index (κ1) is 77.4. The SMILES string of the molecule is CCCCC/C=C\C/C=C\CCCCCCCCCCCC(=O)OCC(COC1OC(C(=O)O)C(O)C(O)C1OC(=O)CCCCCCCCCCC/C=C\C/C=C\CCCCC)OC(=O)CCCCCCC/C=C\CCCCCCCC. The maximum absolute atomic E-state index is 13.2. The highest BCUT2D eigenvalue weighted by molar-refractivity contribution is 5.74. The van der Waals surface area contributed by atoms with Crippen molar-refractivity contribution >= 4 is 23.9 Å². The van der Waals surface area contributed by atoms with Gasteiger partial charge in [0.2, 0.25) is 0 Å². The minimum Gasteiger partial charge on any atom is -0.479 e. The average Bonchev–Trinajstić information content (AvgIpc) is 3.57. The molecular weight excluding hydrogens is 1040 g/mol. The lowest BCUT2D eigenvalue weighted by Crippen LogP contribution is -2.61. The fourth-order valence-electron chi connectivity index (χ4n) is 10.2. The highest BCUT2D eigenvalue weighted by atomic mass is 16.7. The lowest BCUT2D eigenvalue weighted by Gasteiger charge is -2.40. The van der Waals surface area contributed by atoms with E-state index >= 15 is 0 Å². The van der Waals surface area contributed by atoms with Crippen molar-refractivity contribution in [3.05, 3.63) is 60.8 Å². The number of hydrogen-bond donors (Lipinski definition) is 3. The first-order chi connectivity index (χ1) is 40.6. The molecule has 0 radical (unpaired) electrons. The molecule has 0 aromatic carbocycles. The molecule has 1 saturated heterocycles. The molecule has 12 heteroatoms. The van der Waals surface area contributed by atoms with E-state index in [1.165, 1.54) is 148 Å². The van der Waals surface area contributed by atoms with Gasteiger partial charge in [0.05, 0.1) is 6.61 Å². The molecule has 0 aromatic heterocycles. The van der Waals surface area contributed by atoms with Gasteiger partial charge < -0.3 is 39.0 Å². The van der Waals surface area contributed by atoms with Gasteiger partial charge in [-0.15, -0.1) is 0 Å². The third-order valence-electron chi connectivity index (χ3n) is 15.5. The van der Waals surface area contributed by atoms with Gasteiger partial charge in [-0.3, -0.25) is 14.4 Å². The Morgan fingerprint density at radius 3 is 1.12 bits per heavy atom. The molecule has 0 amide bonds. The average molecular weight is 1170 g/mol. The number of aliphatic hydroxyl groups excluding tert-OH is 2. The molecule has 0 bridgehead atoms. The fourth-order valence-corrected chi connectivity index (χ4v) is 10.2. The number of aliphatic hydroxyl groups is 2. The molecule has 1 rings (SSSR count). The van der Waals surface area contributed by atoms with Crippen LogP contribution >= 0.6 is 0 Å². The van der Waals surface area contributed by atoms with Crippen molar-refractivity contribution in [2.45, 2.75) is 353 Å². The van der Waals surface area contributed by atoms with E-state index in [1.807, 2.05) is 0 Å². The molecule has 480 valence electrons. The van der Waals surface area contributed by atoms with E-state index in [0.29, 0.717) is 19.3 Å². The zero-order valence-electron chi connectivity index (χ0n) is 53.2. The number of ether oxygens (including phenoxy) is 5. The van der Waals surface area contributed by atoms with Crippen LogP contribution in [0.5, 0.6) is 0 Å². The second-order valence-electron chi connectivity index (χ2n) is 23.5. The Morgan fingerprint density at radius 1 is 0.398 bits per heavy atom. The van der Waals surface area contributed by atoms with E-state index < -0.39 is 67.3 Å². The van der Waals surface area contributed by atoms with Gasteiger partial charge in [0.1, 0.15) is 18.8 Å². The lowest BCUT2D eigenvalue weighted by atomic mass is 9.98. The third kappa shape index (κ3) is 48.3. The van der Waals surface area contributed by atoms with Crippen LogP contribution in [0.4, 0.5) is 0 Å². The van der Waals surface area contributed by atoms with Gasteiger partial charge in [0, 0.05) is 19.3 Å². The highest BCUT2D eigenvalue weighted by Crippen LogP contribution is 2.27. The Bertz CT molecular complexity index is 1670. The summed E-state index contributed by atoms with van der Waals surface area (Å²) in [5, 5.41) is 31.6. The van der Waals surface area contributed by atoms with Crippen LogP contribution in [0.1, 0.15) is 316 Å². The van der Waals surface area contributed by atoms with Crippen LogP contribution in [0.2, 0.25) is 0 Å². The van der Waals surface area contributed by atoms with Gasteiger partial charge in [-0.1, -0.05) is 248 Å². The maximum atomic E-state index is 13.2. The summed E-state index contributed by atoms with van der Waals surface area (Å²) in [4.78, 5) is 51.4. The van der Waals surface area contributed by atoms with E-state index in [9.17, 15) is 34.5 Å². The molecule has 0 aromatic rings. The van der Waals surface area contributed by atoms with Gasteiger partial charge in [0.25, 0.3) is 0 Å².